The molecule has 0 bridgehead atoms. The van der Waals surface area contributed by atoms with Crippen LogP contribution in [0, 0.1) is 6.92 Å². The van der Waals surface area contributed by atoms with Crippen molar-refractivity contribution in [1.29, 1.82) is 0 Å². The molecular weight excluding hydrogens is 344 g/mol. The van der Waals surface area contributed by atoms with Crippen molar-refractivity contribution in [3.8, 4) is 10.4 Å². The number of aryl methyl sites for hydroxylation is 2. The number of rotatable bonds is 4. The smallest absolute Gasteiger partial charge is 0.251 e. The Kier molecular flexibility index (Phi) is 6.63. The molecule has 0 spiro atoms. The van der Waals surface area contributed by atoms with Gasteiger partial charge in [-0.2, -0.15) is 0 Å². The number of H-pyrrole nitrogens is 1. The molecule has 4 nitrogen and oxygen atoms in total. The van der Waals surface area contributed by atoms with Gasteiger partial charge in [0.2, 0.25) is 0 Å². The van der Waals surface area contributed by atoms with Crippen LogP contribution in [-0.2, 0) is 13.0 Å². The number of hydrogen-bond donors (Lipinski definition) is 2. The van der Waals surface area contributed by atoms with Gasteiger partial charge in [0.25, 0.3) is 5.56 Å². The number of pyridine rings is 1. The van der Waals surface area contributed by atoms with Gasteiger partial charge >= 0.3 is 0 Å². The van der Waals surface area contributed by atoms with Gasteiger partial charge in [0.05, 0.1) is 6.10 Å². The maximum Gasteiger partial charge on any atom is 0.251 e. The fourth-order valence-corrected chi connectivity index (χ4v) is 4.21. The van der Waals surface area contributed by atoms with Crippen molar-refractivity contribution in [2.75, 3.05) is 13.1 Å². The lowest BCUT2D eigenvalue weighted by Gasteiger charge is -2.28. The molecule has 1 aliphatic heterocycles. The number of aromatic amines is 1. The summed E-state index contributed by atoms with van der Waals surface area (Å²) in [6.45, 7) is 6.84. The van der Waals surface area contributed by atoms with Crippen LogP contribution in [-0.4, -0.2) is 34.2 Å². The lowest BCUT2D eigenvalue weighted by molar-refractivity contribution is 0.0797. The highest BCUT2D eigenvalue weighted by Crippen LogP contribution is 2.31. The van der Waals surface area contributed by atoms with Gasteiger partial charge in [0.1, 0.15) is 0 Å². The molecule has 2 N–H and O–H groups in total. The van der Waals surface area contributed by atoms with Gasteiger partial charge in [0, 0.05) is 46.2 Å². The minimum atomic E-state index is -0.124. The molecular formula is C18H25ClN2O2S. The summed E-state index contributed by atoms with van der Waals surface area (Å²) < 4.78 is 0. The fraction of sp³-hybridized carbons (Fsp3) is 0.500. The zero-order valence-corrected chi connectivity index (χ0v) is 15.8. The van der Waals surface area contributed by atoms with Gasteiger partial charge in [-0.1, -0.05) is 6.92 Å². The Morgan fingerprint density at radius 1 is 1.33 bits per heavy atom. The van der Waals surface area contributed by atoms with Gasteiger partial charge < -0.3 is 10.1 Å². The molecule has 6 heteroatoms. The van der Waals surface area contributed by atoms with Gasteiger partial charge in [-0.25, -0.2) is 0 Å². The Labute approximate surface area is 152 Å². The van der Waals surface area contributed by atoms with Crippen molar-refractivity contribution >= 4 is 23.7 Å². The van der Waals surface area contributed by atoms with Crippen LogP contribution in [0.2, 0.25) is 0 Å². The third-order valence-corrected chi connectivity index (χ3v) is 5.66. The molecule has 0 amide bonds. The molecule has 0 radical (unpaired) electrons. The first-order valence-corrected chi connectivity index (χ1v) is 9.10. The van der Waals surface area contributed by atoms with E-state index in [-0.39, 0.29) is 24.1 Å². The topological polar surface area (TPSA) is 56.3 Å². The highest BCUT2D eigenvalue weighted by atomic mass is 35.5. The van der Waals surface area contributed by atoms with Crippen LogP contribution in [0.25, 0.3) is 10.4 Å². The van der Waals surface area contributed by atoms with Crippen LogP contribution in [0.1, 0.15) is 35.9 Å². The van der Waals surface area contributed by atoms with E-state index in [1.165, 1.54) is 9.75 Å². The van der Waals surface area contributed by atoms with Crippen LogP contribution in [0.5, 0.6) is 0 Å². The maximum absolute atomic E-state index is 11.9. The zero-order chi connectivity index (χ0) is 16.4. The molecule has 2 aromatic heterocycles. The van der Waals surface area contributed by atoms with Gasteiger partial charge in [-0.3, -0.25) is 9.69 Å². The second-order valence-corrected chi connectivity index (χ2v) is 7.46. The lowest BCUT2D eigenvalue weighted by Crippen LogP contribution is -2.35. The monoisotopic (exact) mass is 368 g/mol. The highest BCUT2D eigenvalue weighted by molar-refractivity contribution is 7.15. The van der Waals surface area contributed by atoms with E-state index in [1.807, 2.05) is 19.9 Å². The number of nitrogens with zero attached hydrogens (tertiary/aromatic N) is 1. The molecule has 24 heavy (non-hydrogen) atoms. The Morgan fingerprint density at radius 2 is 2.04 bits per heavy atom. The number of likely N-dealkylation sites (tertiary alicyclic amines) is 1. The second kappa shape index (κ2) is 8.30. The fourth-order valence-electron chi connectivity index (χ4n) is 3.09. The molecule has 1 fully saturated rings. The average molecular weight is 369 g/mol. The van der Waals surface area contributed by atoms with Crippen LogP contribution >= 0.6 is 23.7 Å². The average Bonchev–Trinajstić information content (AvgIpc) is 2.98. The summed E-state index contributed by atoms with van der Waals surface area (Å²) in [6.07, 6.45) is 2.37. The zero-order valence-electron chi connectivity index (χ0n) is 14.2. The SMILES string of the molecule is CCc1cc(-c2ccc(CN3CCC(O)CC3)s2)c(C)[nH]c1=O.Cl. The number of nitrogens with one attached hydrogen (secondary N) is 1. The van der Waals surface area contributed by atoms with Crippen molar-refractivity contribution < 1.29 is 5.11 Å². The summed E-state index contributed by atoms with van der Waals surface area (Å²) in [5, 5.41) is 9.60. The number of halogens is 1. The van der Waals surface area contributed by atoms with E-state index in [1.54, 1.807) is 11.3 Å². The largest absolute Gasteiger partial charge is 0.393 e. The molecule has 0 aromatic carbocycles. The van der Waals surface area contributed by atoms with Gasteiger partial charge in [0.15, 0.2) is 0 Å². The summed E-state index contributed by atoms with van der Waals surface area (Å²) >= 11 is 1.79. The maximum atomic E-state index is 11.9. The number of aromatic nitrogens is 1. The molecule has 2 aromatic rings. The third kappa shape index (κ3) is 4.28. The Balaban J connectivity index is 0.00000208. The summed E-state index contributed by atoms with van der Waals surface area (Å²) in [5.74, 6) is 0. The summed E-state index contributed by atoms with van der Waals surface area (Å²) in [6, 6.07) is 6.36. The van der Waals surface area contributed by atoms with Crippen LogP contribution in [0.15, 0.2) is 23.0 Å². The van der Waals surface area contributed by atoms with E-state index in [0.717, 1.165) is 55.7 Å². The highest BCUT2D eigenvalue weighted by Gasteiger charge is 2.18. The molecule has 1 saturated heterocycles. The predicted octanol–water partition coefficient (Wildman–Crippen LogP) is 3.35. The van der Waals surface area contributed by atoms with E-state index >= 15 is 0 Å². The number of aliphatic hydroxyl groups is 1. The van der Waals surface area contributed by atoms with Crippen LogP contribution < -0.4 is 5.56 Å². The molecule has 1 aliphatic rings. The Morgan fingerprint density at radius 3 is 2.71 bits per heavy atom. The van der Waals surface area contributed by atoms with E-state index in [2.05, 4.69) is 22.0 Å². The van der Waals surface area contributed by atoms with Crippen molar-refractivity contribution in [3.63, 3.8) is 0 Å². The normalized spacial score (nSPS) is 16.1. The van der Waals surface area contributed by atoms with Crippen molar-refractivity contribution in [3.05, 3.63) is 44.7 Å². The third-order valence-electron chi connectivity index (χ3n) is 4.56. The van der Waals surface area contributed by atoms with E-state index in [4.69, 9.17) is 0 Å². The van der Waals surface area contributed by atoms with Crippen LogP contribution in [0.4, 0.5) is 0 Å². The number of piperidine rings is 1. The summed E-state index contributed by atoms with van der Waals surface area (Å²) in [5.41, 5.74) is 2.93. The number of aliphatic hydroxyl groups excluding tert-OH is 1. The van der Waals surface area contributed by atoms with E-state index in [0.29, 0.717) is 0 Å². The molecule has 0 saturated carbocycles. The van der Waals surface area contributed by atoms with Crippen LogP contribution in [0.3, 0.4) is 0 Å². The Bertz CT molecular complexity index is 733. The molecule has 0 aliphatic carbocycles. The molecule has 0 atom stereocenters. The first-order chi connectivity index (χ1) is 11.1. The quantitative estimate of drug-likeness (QED) is 0.870. The second-order valence-electron chi connectivity index (χ2n) is 6.29. The van der Waals surface area contributed by atoms with E-state index < -0.39 is 0 Å². The predicted molar refractivity (Wildman–Crippen MR) is 102 cm³/mol. The molecule has 3 rings (SSSR count). The standard InChI is InChI=1S/C18H24N2O2S.ClH/c1-3-13-10-16(12(2)19-18(13)22)17-5-4-15(23-17)11-20-8-6-14(21)7-9-20;/h4-5,10,14,21H,3,6-9,11H2,1-2H3,(H,19,22);1H. The van der Waals surface area contributed by atoms with Crippen molar-refractivity contribution in [2.24, 2.45) is 0 Å². The van der Waals surface area contributed by atoms with Crippen molar-refractivity contribution in [1.82, 2.24) is 9.88 Å². The van der Waals surface area contributed by atoms with Gasteiger partial charge in [-0.05, 0) is 44.4 Å². The number of hydrogen-bond acceptors (Lipinski definition) is 4. The molecule has 0 unspecified atom stereocenters. The van der Waals surface area contributed by atoms with Gasteiger partial charge in [-0.15, -0.1) is 23.7 Å². The summed E-state index contributed by atoms with van der Waals surface area (Å²) in [4.78, 5) is 19.8. The lowest BCUT2D eigenvalue weighted by atomic mass is 10.1. The minimum Gasteiger partial charge on any atom is -0.393 e. The summed E-state index contributed by atoms with van der Waals surface area (Å²) in [7, 11) is 0. The van der Waals surface area contributed by atoms with Crippen molar-refractivity contribution in [2.45, 2.75) is 45.8 Å². The number of thiophene rings is 1. The Hall–Kier alpha value is -1.14. The first-order valence-electron chi connectivity index (χ1n) is 8.29. The minimum absolute atomic E-state index is 0. The van der Waals surface area contributed by atoms with E-state index in [9.17, 15) is 9.90 Å². The molecule has 132 valence electrons. The molecule has 3 heterocycles. The first kappa shape index (κ1) is 19.2.